The van der Waals surface area contributed by atoms with Gasteiger partial charge in [0.2, 0.25) is 17.7 Å². The van der Waals surface area contributed by atoms with Crippen LogP contribution in [0.3, 0.4) is 0 Å². The molecule has 2 aliphatic heterocycles. The van der Waals surface area contributed by atoms with E-state index in [0.29, 0.717) is 32.6 Å². The van der Waals surface area contributed by atoms with E-state index in [1.165, 1.54) is 9.47 Å². The Kier molecular flexibility index (Phi) is 7.97. The first kappa shape index (κ1) is 29.0. The number of nitrogens with zero attached hydrogens (tertiary/aromatic N) is 2. The molecule has 0 bridgehead atoms. The van der Waals surface area contributed by atoms with Gasteiger partial charge in [-0.3, -0.25) is 23.7 Å². The van der Waals surface area contributed by atoms with Crippen LogP contribution in [-0.2, 0) is 20.9 Å². The maximum absolute atomic E-state index is 14.0. The Morgan fingerprint density at radius 3 is 2.40 bits per heavy atom. The number of fused-ring (bicyclic) bond motifs is 2. The number of anilines is 2. The number of imide groups is 1. The minimum absolute atomic E-state index is 0.243. The molecule has 0 radical (unpaired) electrons. The van der Waals surface area contributed by atoms with Crippen LogP contribution in [0.15, 0.2) is 81.0 Å². The Morgan fingerprint density at radius 2 is 1.71 bits per heavy atom. The number of carbonyl (C=O) groups is 3. The molecule has 13 heteroatoms. The molecule has 3 atom stereocenters. The molecule has 2 aliphatic rings. The van der Waals surface area contributed by atoms with Gasteiger partial charge in [-0.15, -0.1) is 0 Å². The first-order chi connectivity index (χ1) is 20.2. The molecule has 1 N–H and O–H groups in total. The van der Waals surface area contributed by atoms with Crippen LogP contribution in [0.1, 0.15) is 16.4 Å². The molecule has 1 saturated heterocycles. The third-order valence-electron chi connectivity index (χ3n) is 7.13. The fraction of sp³-hybridized carbons (Fsp3) is 0.172. The highest BCUT2D eigenvalue weighted by atomic mass is 79.9. The van der Waals surface area contributed by atoms with Crippen LogP contribution in [0, 0.1) is 5.92 Å². The largest absolute Gasteiger partial charge is 0.497 e. The van der Waals surface area contributed by atoms with E-state index in [4.69, 9.17) is 27.9 Å². The number of amides is 3. The van der Waals surface area contributed by atoms with Crippen molar-refractivity contribution in [1.29, 1.82) is 0 Å². The zero-order valence-electron chi connectivity index (χ0n) is 21.7. The number of benzene rings is 3. The predicted octanol–water partition coefficient (Wildman–Crippen LogP) is 6.42. The van der Waals surface area contributed by atoms with Gasteiger partial charge in [0.1, 0.15) is 17.5 Å². The molecule has 3 heterocycles. The highest BCUT2D eigenvalue weighted by Gasteiger charge is 2.57. The number of hydrogen-bond acceptors (Lipinski definition) is 7. The molecule has 3 unspecified atom stereocenters. The number of halogens is 3. The lowest BCUT2D eigenvalue weighted by atomic mass is 9.83. The summed E-state index contributed by atoms with van der Waals surface area (Å²) in [6.07, 6.45) is 0. The van der Waals surface area contributed by atoms with Crippen molar-refractivity contribution in [1.82, 2.24) is 4.57 Å². The number of ether oxygens (including phenoxy) is 1. The molecular weight excluding hydrogens is 685 g/mol. The van der Waals surface area contributed by atoms with Gasteiger partial charge in [-0.1, -0.05) is 74.4 Å². The van der Waals surface area contributed by atoms with Crippen molar-refractivity contribution in [3.05, 3.63) is 101 Å². The lowest BCUT2D eigenvalue weighted by molar-refractivity contribution is -0.122. The molecule has 8 nitrogen and oxygen atoms in total. The van der Waals surface area contributed by atoms with Gasteiger partial charge in [-0.25, -0.2) is 4.90 Å². The quantitative estimate of drug-likeness (QED) is 0.233. The van der Waals surface area contributed by atoms with Crippen LogP contribution in [0.2, 0.25) is 10.0 Å². The van der Waals surface area contributed by atoms with Crippen molar-refractivity contribution < 1.29 is 19.1 Å². The second kappa shape index (κ2) is 11.5. The van der Waals surface area contributed by atoms with E-state index in [0.717, 1.165) is 27.6 Å². The van der Waals surface area contributed by atoms with E-state index in [2.05, 4.69) is 21.2 Å². The van der Waals surface area contributed by atoms with Crippen LogP contribution in [0.25, 0.3) is 0 Å². The van der Waals surface area contributed by atoms with Crippen molar-refractivity contribution in [3.8, 4) is 5.75 Å². The summed E-state index contributed by atoms with van der Waals surface area (Å²) in [5.41, 5.74) is 1.52. The second-order valence-corrected chi connectivity index (χ2v) is 13.4. The average Bonchev–Trinajstić information content (AvgIpc) is 3.42. The first-order valence-corrected chi connectivity index (χ1v) is 15.8. The normalized spacial score (nSPS) is 19.4. The summed E-state index contributed by atoms with van der Waals surface area (Å²) in [7, 11) is 1.55. The number of methoxy groups -OCH3 is 1. The van der Waals surface area contributed by atoms with Crippen LogP contribution in [-0.4, -0.2) is 34.6 Å². The maximum atomic E-state index is 14.0. The van der Waals surface area contributed by atoms with E-state index in [9.17, 15) is 19.2 Å². The molecule has 3 aromatic carbocycles. The number of carbonyl (C=O) groups excluding carboxylic acids is 3. The third kappa shape index (κ3) is 5.07. The van der Waals surface area contributed by atoms with Crippen molar-refractivity contribution >= 4 is 91.3 Å². The van der Waals surface area contributed by atoms with Crippen molar-refractivity contribution in [3.63, 3.8) is 0 Å². The summed E-state index contributed by atoms with van der Waals surface area (Å²) in [6.45, 7) is -0.282. The van der Waals surface area contributed by atoms with Crippen LogP contribution < -0.4 is 19.8 Å². The summed E-state index contributed by atoms with van der Waals surface area (Å²) in [5.74, 6) is -2.14. The molecule has 0 saturated carbocycles. The Hall–Kier alpha value is -3.09. The minimum Gasteiger partial charge on any atom is -0.497 e. The summed E-state index contributed by atoms with van der Waals surface area (Å²) in [4.78, 5) is 55.6. The van der Waals surface area contributed by atoms with Crippen molar-refractivity contribution in [2.75, 3.05) is 17.3 Å². The van der Waals surface area contributed by atoms with Gasteiger partial charge in [-0.05, 0) is 60.2 Å². The molecule has 1 fully saturated rings. The van der Waals surface area contributed by atoms with Gasteiger partial charge in [0.15, 0.2) is 0 Å². The summed E-state index contributed by atoms with van der Waals surface area (Å²) in [5, 5.41) is 2.93. The number of thioether (sulfide) groups is 1. The van der Waals surface area contributed by atoms with E-state index < -0.39 is 34.8 Å². The second-order valence-electron chi connectivity index (χ2n) is 9.57. The predicted molar refractivity (Wildman–Crippen MR) is 168 cm³/mol. The van der Waals surface area contributed by atoms with Crippen LogP contribution >= 0.6 is 62.2 Å². The smallest absolute Gasteiger partial charge is 0.308 e. The van der Waals surface area contributed by atoms with E-state index in [1.54, 1.807) is 73.8 Å². The van der Waals surface area contributed by atoms with Gasteiger partial charge < -0.3 is 10.1 Å². The van der Waals surface area contributed by atoms with Gasteiger partial charge in [-0.2, -0.15) is 0 Å². The Balaban J connectivity index is 1.41. The third-order valence-corrected chi connectivity index (χ3v) is 11.1. The Labute approximate surface area is 266 Å². The highest BCUT2D eigenvalue weighted by Crippen LogP contribution is 2.55. The van der Waals surface area contributed by atoms with E-state index >= 15 is 0 Å². The van der Waals surface area contributed by atoms with Gasteiger partial charge in [0.05, 0.1) is 33.8 Å². The lowest BCUT2D eigenvalue weighted by Crippen LogP contribution is -2.33. The fourth-order valence-corrected chi connectivity index (χ4v) is 8.67. The summed E-state index contributed by atoms with van der Waals surface area (Å²) < 4.78 is 7.31. The lowest BCUT2D eigenvalue weighted by Gasteiger charge is -2.31. The van der Waals surface area contributed by atoms with Crippen LogP contribution in [0.5, 0.6) is 5.75 Å². The van der Waals surface area contributed by atoms with Crippen molar-refractivity contribution in [2.24, 2.45) is 5.92 Å². The summed E-state index contributed by atoms with van der Waals surface area (Å²) >= 11 is 18.5. The monoisotopic (exact) mass is 703 g/mol. The molecule has 3 amide bonds. The standard InChI is InChI=1S/C29H20BrCl2N3O5S2/c1-40-17-11-7-15(8-12-17)33-20(36)13-34-28-25(42-29(34)39)21(18-3-2-4-19(31)23(18)32)22-24(41-28)27(38)35(26(22)37)16-9-5-14(30)6-10-16/h2-12,21-22,24H,13H2,1H3,(H,33,36). The van der Waals surface area contributed by atoms with Crippen molar-refractivity contribution in [2.45, 2.75) is 22.7 Å². The molecule has 6 rings (SSSR count). The van der Waals surface area contributed by atoms with E-state index in [-0.39, 0.29) is 21.5 Å². The Morgan fingerprint density at radius 1 is 1.00 bits per heavy atom. The number of thiazole rings is 1. The number of nitrogens with one attached hydrogen (secondary N) is 1. The molecule has 42 heavy (non-hydrogen) atoms. The highest BCUT2D eigenvalue weighted by molar-refractivity contribution is 9.10. The molecule has 0 aliphatic carbocycles. The van der Waals surface area contributed by atoms with Gasteiger partial charge >= 0.3 is 4.87 Å². The molecule has 1 aromatic heterocycles. The van der Waals surface area contributed by atoms with Crippen LogP contribution in [0.4, 0.5) is 11.4 Å². The topological polar surface area (TPSA) is 97.7 Å². The fourth-order valence-electron chi connectivity index (χ4n) is 5.21. The Bertz CT molecular complexity index is 1790. The summed E-state index contributed by atoms with van der Waals surface area (Å²) in [6, 6.07) is 18.8. The molecular formula is C29H20BrCl2N3O5S2. The van der Waals surface area contributed by atoms with Gasteiger partial charge in [0.25, 0.3) is 0 Å². The number of aromatic nitrogens is 1. The number of hydrogen-bond donors (Lipinski definition) is 1. The van der Waals surface area contributed by atoms with E-state index in [1.807, 2.05) is 0 Å². The first-order valence-electron chi connectivity index (χ1n) is 12.6. The zero-order chi connectivity index (χ0) is 29.7. The maximum Gasteiger partial charge on any atom is 0.308 e. The number of rotatable bonds is 6. The SMILES string of the molecule is COc1ccc(NC(=O)Cn2c3c(sc2=O)C(c2cccc(Cl)c2Cl)C2C(=O)N(c4ccc(Br)cc4)C(=O)C2S3)cc1. The molecule has 214 valence electrons. The molecule has 0 spiro atoms. The average molecular weight is 705 g/mol. The molecule has 4 aromatic rings. The van der Waals surface area contributed by atoms with Gasteiger partial charge in [0, 0.05) is 21.0 Å². The zero-order valence-corrected chi connectivity index (χ0v) is 26.4. The minimum atomic E-state index is -0.849.